The molecule has 3 rings (SSSR count). The van der Waals surface area contributed by atoms with Crippen molar-refractivity contribution >= 4 is 23.2 Å². The Morgan fingerprint density at radius 2 is 2.18 bits per heavy atom. The summed E-state index contributed by atoms with van der Waals surface area (Å²) in [5, 5.41) is 3.95. The first-order valence-corrected chi connectivity index (χ1v) is 8.30. The van der Waals surface area contributed by atoms with Gasteiger partial charge < -0.3 is 4.90 Å². The Balaban J connectivity index is 1.76. The second-order valence-corrected chi connectivity index (χ2v) is 6.89. The van der Waals surface area contributed by atoms with Crippen molar-refractivity contribution < 1.29 is 4.79 Å². The fourth-order valence-corrected chi connectivity index (χ4v) is 3.99. The van der Waals surface area contributed by atoms with E-state index in [1.165, 1.54) is 4.88 Å². The molecule has 0 fully saturated rings. The molecule has 6 heteroatoms. The number of urea groups is 1. The van der Waals surface area contributed by atoms with E-state index in [4.69, 9.17) is 0 Å². The molecule has 1 aliphatic carbocycles. The Hall–Kier alpha value is -1.95. The number of pyridine rings is 1. The van der Waals surface area contributed by atoms with Crippen LogP contribution in [0, 0.1) is 13.8 Å². The van der Waals surface area contributed by atoms with Gasteiger partial charge in [0.15, 0.2) is 0 Å². The molecule has 1 unspecified atom stereocenters. The minimum Gasteiger partial charge on any atom is -0.320 e. The lowest BCUT2D eigenvalue weighted by molar-refractivity contribution is 0.198. The third-order valence-electron chi connectivity index (χ3n) is 3.94. The molecule has 0 bridgehead atoms. The van der Waals surface area contributed by atoms with Crippen LogP contribution in [0.2, 0.25) is 0 Å². The number of rotatable bonds is 2. The summed E-state index contributed by atoms with van der Waals surface area (Å²) >= 11 is 1.70. The van der Waals surface area contributed by atoms with Gasteiger partial charge in [0.05, 0.1) is 21.6 Å². The van der Waals surface area contributed by atoms with Gasteiger partial charge in [0.1, 0.15) is 5.82 Å². The normalized spacial score (nSPS) is 17.0. The molecule has 2 aromatic heterocycles. The molecular weight excluding hydrogens is 296 g/mol. The monoisotopic (exact) mass is 316 g/mol. The molecule has 0 aromatic carbocycles. The van der Waals surface area contributed by atoms with Crippen molar-refractivity contribution in [2.24, 2.45) is 0 Å². The quantitative estimate of drug-likeness (QED) is 0.919. The van der Waals surface area contributed by atoms with Gasteiger partial charge in [0, 0.05) is 12.7 Å². The minimum absolute atomic E-state index is 0.111. The van der Waals surface area contributed by atoms with Crippen LogP contribution in [0.3, 0.4) is 0 Å². The van der Waals surface area contributed by atoms with Gasteiger partial charge in [0.2, 0.25) is 0 Å². The van der Waals surface area contributed by atoms with E-state index in [9.17, 15) is 4.79 Å². The average molecular weight is 316 g/mol. The van der Waals surface area contributed by atoms with E-state index in [1.54, 1.807) is 16.2 Å². The lowest BCUT2D eigenvalue weighted by Gasteiger charge is -2.30. The highest BCUT2D eigenvalue weighted by molar-refractivity contribution is 7.11. The van der Waals surface area contributed by atoms with E-state index in [2.05, 4.69) is 15.3 Å². The van der Waals surface area contributed by atoms with Crippen molar-refractivity contribution in [3.63, 3.8) is 0 Å². The molecule has 1 atom stereocenters. The summed E-state index contributed by atoms with van der Waals surface area (Å²) in [6.07, 6.45) is 3.08. The lowest BCUT2D eigenvalue weighted by Crippen LogP contribution is -2.36. The predicted molar refractivity (Wildman–Crippen MR) is 88.3 cm³/mol. The fraction of sp³-hybridized carbons (Fsp3) is 0.438. The summed E-state index contributed by atoms with van der Waals surface area (Å²) in [6.45, 7) is 3.93. The summed E-state index contributed by atoms with van der Waals surface area (Å²) in [5.74, 6) is 0.591. The zero-order valence-electron chi connectivity index (χ0n) is 13.1. The summed E-state index contributed by atoms with van der Waals surface area (Å²) in [7, 11) is 1.85. The molecule has 5 nitrogen and oxygen atoms in total. The Kier molecular flexibility index (Phi) is 4.11. The standard InChI is InChI=1S/C16H20N4OS/c1-10-6-4-9-14(17-10)19-16(21)20(3)13-8-5-7-12-15(13)22-11(2)18-12/h4,6,9,13H,5,7-8H2,1-3H3,(H,17,19,21). The largest absolute Gasteiger partial charge is 0.323 e. The van der Waals surface area contributed by atoms with Crippen LogP contribution in [0.5, 0.6) is 0 Å². The molecule has 2 aromatic rings. The van der Waals surface area contributed by atoms with Crippen LogP contribution >= 0.6 is 11.3 Å². The van der Waals surface area contributed by atoms with Crippen molar-refractivity contribution in [3.05, 3.63) is 39.5 Å². The highest BCUT2D eigenvalue weighted by Crippen LogP contribution is 2.37. The number of thiazole rings is 1. The second-order valence-electron chi connectivity index (χ2n) is 5.66. The highest BCUT2D eigenvalue weighted by atomic mass is 32.1. The number of nitrogens with one attached hydrogen (secondary N) is 1. The van der Waals surface area contributed by atoms with Gasteiger partial charge in [-0.05, 0) is 45.2 Å². The second kappa shape index (κ2) is 6.04. The number of carbonyl (C=O) groups is 1. The van der Waals surface area contributed by atoms with Gasteiger partial charge in [0.25, 0.3) is 0 Å². The van der Waals surface area contributed by atoms with Gasteiger partial charge in [-0.15, -0.1) is 11.3 Å². The Bertz CT molecular complexity index is 697. The topological polar surface area (TPSA) is 58.1 Å². The number of aryl methyl sites for hydroxylation is 3. The third kappa shape index (κ3) is 2.97. The fourth-order valence-electron chi connectivity index (χ4n) is 2.84. The van der Waals surface area contributed by atoms with E-state index in [0.29, 0.717) is 5.82 Å². The lowest BCUT2D eigenvalue weighted by atomic mass is 9.97. The first kappa shape index (κ1) is 15.0. The zero-order valence-corrected chi connectivity index (χ0v) is 13.9. The van der Waals surface area contributed by atoms with Crippen molar-refractivity contribution in [2.75, 3.05) is 12.4 Å². The van der Waals surface area contributed by atoms with Crippen LogP contribution in [-0.2, 0) is 6.42 Å². The molecule has 116 valence electrons. The maximum atomic E-state index is 12.5. The summed E-state index contributed by atoms with van der Waals surface area (Å²) in [5.41, 5.74) is 2.05. The van der Waals surface area contributed by atoms with Crippen LogP contribution in [0.1, 0.15) is 40.2 Å². The van der Waals surface area contributed by atoms with Crippen LogP contribution in [0.4, 0.5) is 10.6 Å². The summed E-state index contributed by atoms with van der Waals surface area (Å²) in [6, 6.07) is 5.60. The van der Waals surface area contributed by atoms with Crippen molar-refractivity contribution in [1.82, 2.24) is 14.9 Å². The van der Waals surface area contributed by atoms with E-state index in [0.717, 1.165) is 35.7 Å². The molecule has 1 N–H and O–H groups in total. The molecule has 0 aliphatic heterocycles. The maximum Gasteiger partial charge on any atom is 0.323 e. The number of anilines is 1. The van der Waals surface area contributed by atoms with Crippen LogP contribution < -0.4 is 5.32 Å². The zero-order chi connectivity index (χ0) is 15.7. The van der Waals surface area contributed by atoms with Crippen LogP contribution in [0.25, 0.3) is 0 Å². The first-order valence-electron chi connectivity index (χ1n) is 7.48. The van der Waals surface area contributed by atoms with Crippen molar-refractivity contribution in [2.45, 2.75) is 39.2 Å². The Labute approximate surface area is 134 Å². The number of hydrogen-bond donors (Lipinski definition) is 1. The molecule has 2 heterocycles. The van der Waals surface area contributed by atoms with Crippen LogP contribution in [-0.4, -0.2) is 27.9 Å². The van der Waals surface area contributed by atoms with Gasteiger partial charge in [-0.25, -0.2) is 14.8 Å². The van der Waals surface area contributed by atoms with Crippen molar-refractivity contribution in [3.8, 4) is 0 Å². The number of amides is 2. The van der Waals surface area contributed by atoms with Gasteiger partial charge >= 0.3 is 6.03 Å². The Morgan fingerprint density at radius 1 is 1.36 bits per heavy atom. The SMILES string of the molecule is Cc1cccc(NC(=O)N(C)C2CCCc3nc(C)sc32)n1. The summed E-state index contributed by atoms with van der Waals surface area (Å²) < 4.78 is 0. The predicted octanol–water partition coefficient (Wildman–Crippen LogP) is 3.70. The smallest absolute Gasteiger partial charge is 0.320 e. The van der Waals surface area contributed by atoms with E-state index in [-0.39, 0.29) is 12.1 Å². The van der Waals surface area contributed by atoms with Gasteiger partial charge in [-0.2, -0.15) is 0 Å². The molecule has 1 aliphatic rings. The number of carbonyl (C=O) groups excluding carboxylic acids is 1. The molecule has 0 spiro atoms. The maximum absolute atomic E-state index is 12.5. The first-order chi connectivity index (χ1) is 10.5. The summed E-state index contributed by atoms with van der Waals surface area (Å²) in [4.78, 5) is 24.4. The highest BCUT2D eigenvalue weighted by Gasteiger charge is 2.29. The molecule has 0 saturated heterocycles. The van der Waals surface area contributed by atoms with Gasteiger partial charge in [-0.3, -0.25) is 5.32 Å². The molecule has 22 heavy (non-hydrogen) atoms. The van der Waals surface area contributed by atoms with E-state index in [1.807, 2.05) is 39.1 Å². The number of aromatic nitrogens is 2. The minimum atomic E-state index is -0.123. The number of hydrogen-bond acceptors (Lipinski definition) is 4. The van der Waals surface area contributed by atoms with Gasteiger partial charge in [-0.1, -0.05) is 6.07 Å². The van der Waals surface area contributed by atoms with E-state index < -0.39 is 0 Å². The molecule has 2 amide bonds. The van der Waals surface area contributed by atoms with E-state index >= 15 is 0 Å². The third-order valence-corrected chi connectivity index (χ3v) is 5.05. The average Bonchev–Trinajstić information content (AvgIpc) is 2.86. The molecule has 0 radical (unpaired) electrons. The van der Waals surface area contributed by atoms with Crippen molar-refractivity contribution in [1.29, 1.82) is 0 Å². The number of fused-ring (bicyclic) bond motifs is 1. The number of nitrogens with zero attached hydrogens (tertiary/aromatic N) is 3. The molecular formula is C16H20N4OS. The Morgan fingerprint density at radius 3 is 2.95 bits per heavy atom. The van der Waals surface area contributed by atoms with Crippen LogP contribution in [0.15, 0.2) is 18.2 Å². The molecule has 0 saturated carbocycles.